The quantitative estimate of drug-likeness (QED) is 0.534. The van der Waals surface area contributed by atoms with Crippen LogP contribution in [0.2, 0.25) is 11.6 Å². The molecule has 66 valence electrons. The first-order chi connectivity index (χ1) is 4.71. The fourth-order valence-corrected chi connectivity index (χ4v) is 1.15. The molecule has 0 nitrogen and oxygen atoms in total. The number of hydrogen-bond acceptors (Lipinski definition) is 0. The van der Waals surface area contributed by atoms with Gasteiger partial charge in [-0.15, -0.1) is 0 Å². The lowest BCUT2D eigenvalue weighted by Crippen LogP contribution is -2.12. The maximum Gasteiger partial charge on any atom is 0.127 e. The molecule has 0 amide bonds. The molecule has 0 aliphatic rings. The van der Waals surface area contributed by atoms with Crippen LogP contribution in [0.5, 0.6) is 0 Å². The highest BCUT2D eigenvalue weighted by molar-refractivity contribution is 6.39. The van der Waals surface area contributed by atoms with Gasteiger partial charge in [0.1, 0.15) is 7.28 Å². The fraction of sp³-hybridized carbons (Fsp3) is 1.00. The van der Waals surface area contributed by atoms with E-state index in [4.69, 9.17) is 0 Å². The van der Waals surface area contributed by atoms with Crippen molar-refractivity contribution in [3.8, 4) is 0 Å². The Morgan fingerprint density at radius 2 is 1.36 bits per heavy atom. The fourth-order valence-electron chi connectivity index (χ4n) is 1.15. The highest BCUT2D eigenvalue weighted by atomic mass is 14.1. The third-order valence-corrected chi connectivity index (χ3v) is 1.85. The van der Waals surface area contributed by atoms with Crippen LogP contribution in [0.15, 0.2) is 0 Å². The van der Waals surface area contributed by atoms with Crippen LogP contribution in [0.25, 0.3) is 0 Å². The maximum atomic E-state index is 2.32. The molecule has 0 aromatic heterocycles. The molecular weight excluding hydrogens is 131 g/mol. The van der Waals surface area contributed by atoms with Gasteiger partial charge in [-0.2, -0.15) is 0 Å². The average Bonchev–Trinajstić information content (AvgIpc) is 1.55. The Morgan fingerprint density at radius 1 is 0.909 bits per heavy atom. The van der Waals surface area contributed by atoms with Gasteiger partial charge < -0.3 is 0 Å². The van der Waals surface area contributed by atoms with Crippen molar-refractivity contribution in [3.05, 3.63) is 0 Å². The Morgan fingerprint density at radius 3 is 1.64 bits per heavy atom. The second-order valence-electron chi connectivity index (χ2n) is 5.97. The normalized spacial score (nSPS) is 13.3. The van der Waals surface area contributed by atoms with Crippen LogP contribution in [-0.2, 0) is 0 Å². The predicted molar refractivity (Wildman–Crippen MR) is 55.7 cm³/mol. The smallest absolute Gasteiger partial charge is 0.0764 e. The van der Waals surface area contributed by atoms with Gasteiger partial charge in [0.2, 0.25) is 0 Å². The highest BCUT2D eigenvalue weighted by Gasteiger charge is 2.15. The summed E-state index contributed by atoms with van der Waals surface area (Å²) in [6.45, 7) is 13.9. The van der Waals surface area contributed by atoms with Crippen molar-refractivity contribution in [2.45, 2.75) is 59.6 Å². The molecule has 0 radical (unpaired) electrons. The second-order valence-corrected chi connectivity index (χ2v) is 5.97. The summed E-state index contributed by atoms with van der Waals surface area (Å²) in [4.78, 5) is 0. The van der Waals surface area contributed by atoms with E-state index in [0.29, 0.717) is 10.7 Å². The SMILES string of the molecule is CC(C)(C)BCCC(C)(C)C. The lowest BCUT2D eigenvalue weighted by atomic mass is 9.52. The Bertz CT molecular complexity index is 89.0. The van der Waals surface area contributed by atoms with E-state index in [-0.39, 0.29) is 0 Å². The molecule has 11 heavy (non-hydrogen) atoms. The molecule has 0 unspecified atom stereocenters. The number of rotatable bonds is 2. The molecule has 0 aromatic rings. The second kappa shape index (κ2) is 3.64. The van der Waals surface area contributed by atoms with Crippen LogP contribution in [0.4, 0.5) is 0 Å². The monoisotopic (exact) mass is 154 g/mol. The summed E-state index contributed by atoms with van der Waals surface area (Å²) in [5.74, 6) is 0. The minimum Gasteiger partial charge on any atom is -0.0764 e. The van der Waals surface area contributed by atoms with Crippen molar-refractivity contribution in [2.75, 3.05) is 0 Å². The van der Waals surface area contributed by atoms with Gasteiger partial charge in [0.05, 0.1) is 0 Å². The molecule has 0 spiro atoms. The molecule has 0 rings (SSSR count). The predicted octanol–water partition coefficient (Wildman–Crippen LogP) is 3.50. The van der Waals surface area contributed by atoms with Crippen LogP contribution in [0.1, 0.15) is 48.0 Å². The third-order valence-electron chi connectivity index (χ3n) is 1.85. The summed E-state index contributed by atoms with van der Waals surface area (Å²) in [6.07, 6.45) is 2.72. The van der Waals surface area contributed by atoms with E-state index < -0.39 is 0 Å². The first-order valence-electron chi connectivity index (χ1n) is 4.71. The standard InChI is InChI=1S/C10H23B/c1-9(2,3)7-8-11-10(4,5)6/h11H,7-8H2,1-6H3. The molecule has 0 aromatic carbocycles. The topological polar surface area (TPSA) is 0 Å². The summed E-state index contributed by atoms with van der Waals surface area (Å²) in [5.41, 5.74) is 0.519. The van der Waals surface area contributed by atoms with Crippen LogP contribution in [0, 0.1) is 5.41 Å². The van der Waals surface area contributed by atoms with Crippen LogP contribution in [-0.4, -0.2) is 7.28 Å². The lowest BCUT2D eigenvalue weighted by Gasteiger charge is -2.21. The molecule has 0 fully saturated rings. The van der Waals surface area contributed by atoms with Crippen molar-refractivity contribution in [3.63, 3.8) is 0 Å². The van der Waals surface area contributed by atoms with Crippen molar-refractivity contribution in [1.29, 1.82) is 0 Å². The summed E-state index contributed by atoms with van der Waals surface area (Å²) >= 11 is 0. The van der Waals surface area contributed by atoms with Crippen LogP contribution in [0.3, 0.4) is 0 Å². The third kappa shape index (κ3) is 10.1. The van der Waals surface area contributed by atoms with Crippen molar-refractivity contribution in [1.82, 2.24) is 0 Å². The van der Waals surface area contributed by atoms with E-state index in [1.807, 2.05) is 0 Å². The van der Waals surface area contributed by atoms with E-state index >= 15 is 0 Å². The Kier molecular flexibility index (Phi) is 3.67. The van der Waals surface area contributed by atoms with Crippen molar-refractivity contribution < 1.29 is 0 Å². The summed E-state index contributed by atoms with van der Waals surface area (Å²) in [6, 6.07) is 0. The Labute approximate surface area is 73.0 Å². The summed E-state index contributed by atoms with van der Waals surface area (Å²) in [7, 11) is 1.35. The van der Waals surface area contributed by atoms with Gasteiger partial charge >= 0.3 is 0 Å². The van der Waals surface area contributed by atoms with Crippen LogP contribution >= 0.6 is 0 Å². The maximum absolute atomic E-state index is 2.32. The van der Waals surface area contributed by atoms with Gasteiger partial charge in [0, 0.05) is 0 Å². The molecule has 0 saturated carbocycles. The molecule has 0 aliphatic carbocycles. The van der Waals surface area contributed by atoms with E-state index in [9.17, 15) is 0 Å². The minimum atomic E-state index is 0.519. The first-order valence-corrected chi connectivity index (χ1v) is 4.71. The van der Waals surface area contributed by atoms with E-state index in [2.05, 4.69) is 41.5 Å². The molecule has 1 heteroatoms. The molecule has 0 N–H and O–H groups in total. The van der Waals surface area contributed by atoms with Crippen molar-refractivity contribution in [2.24, 2.45) is 5.41 Å². The first kappa shape index (κ1) is 11.1. The number of hydrogen-bond donors (Lipinski definition) is 0. The van der Waals surface area contributed by atoms with Gasteiger partial charge in [-0.25, -0.2) is 0 Å². The van der Waals surface area contributed by atoms with Gasteiger partial charge in [-0.05, 0) is 5.41 Å². The summed E-state index contributed by atoms with van der Waals surface area (Å²) in [5, 5.41) is 0.519. The molecule has 0 heterocycles. The van der Waals surface area contributed by atoms with E-state index in [1.165, 1.54) is 20.0 Å². The average molecular weight is 154 g/mol. The van der Waals surface area contributed by atoms with Gasteiger partial charge in [0.25, 0.3) is 0 Å². The molecule has 0 saturated heterocycles. The molecule has 0 bridgehead atoms. The van der Waals surface area contributed by atoms with Crippen molar-refractivity contribution >= 4 is 7.28 Å². The largest absolute Gasteiger partial charge is 0.127 e. The van der Waals surface area contributed by atoms with E-state index in [0.717, 1.165) is 0 Å². The zero-order valence-corrected chi connectivity index (χ0v) is 9.12. The van der Waals surface area contributed by atoms with Gasteiger partial charge in [-0.3, -0.25) is 0 Å². The van der Waals surface area contributed by atoms with E-state index in [1.54, 1.807) is 0 Å². The van der Waals surface area contributed by atoms with Gasteiger partial charge in [0.15, 0.2) is 0 Å². The zero-order chi connectivity index (χ0) is 9.12. The molecule has 0 aliphatic heterocycles. The summed E-state index contributed by atoms with van der Waals surface area (Å²) < 4.78 is 0. The Hall–Kier alpha value is 0.0649. The Balaban J connectivity index is 3.44. The minimum absolute atomic E-state index is 0.519. The van der Waals surface area contributed by atoms with Gasteiger partial charge in [-0.1, -0.05) is 59.6 Å². The molecular formula is C10H23B. The highest BCUT2D eigenvalue weighted by Crippen LogP contribution is 2.27. The molecule has 0 atom stereocenters. The zero-order valence-electron chi connectivity index (χ0n) is 9.12. The lowest BCUT2D eigenvalue weighted by molar-refractivity contribution is 0.396. The van der Waals surface area contributed by atoms with Crippen LogP contribution < -0.4 is 0 Å².